The van der Waals surface area contributed by atoms with Crippen LogP contribution in [0.25, 0.3) is 10.4 Å². The molecule has 2 aromatic heterocycles. The van der Waals surface area contributed by atoms with Gasteiger partial charge in [0.1, 0.15) is 5.82 Å². The van der Waals surface area contributed by atoms with Crippen molar-refractivity contribution in [1.29, 1.82) is 0 Å². The summed E-state index contributed by atoms with van der Waals surface area (Å²) in [5.74, 6) is 0.546. The van der Waals surface area contributed by atoms with E-state index in [0.717, 1.165) is 16.0 Å². The molecule has 0 aliphatic heterocycles. The third-order valence-corrected chi connectivity index (χ3v) is 5.10. The van der Waals surface area contributed by atoms with E-state index in [2.05, 4.69) is 4.98 Å². The predicted octanol–water partition coefficient (Wildman–Crippen LogP) is 4.54. The number of benzene rings is 1. The number of thiophene rings is 1. The SMILES string of the molecule is COc1cccnc1N(C)C(=O)c1cc(C)c(-c2ccc(F)cc2)s1. The number of hydrogen-bond acceptors (Lipinski definition) is 4. The Morgan fingerprint density at radius 3 is 2.64 bits per heavy atom. The summed E-state index contributed by atoms with van der Waals surface area (Å²) in [4.78, 5) is 20.1. The molecule has 1 aromatic carbocycles. The zero-order valence-electron chi connectivity index (χ0n) is 14.1. The van der Waals surface area contributed by atoms with Gasteiger partial charge in [0.2, 0.25) is 0 Å². The highest BCUT2D eigenvalue weighted by Crippen LogP contribution is 2.34. The first-order chi connectivity index (χ1) is 12.0. The lowest BCUT2D eigenvalue weighted by Gasteiger charge is -2.17. The topological polar surface area (TPSA) is 42.4 Å². The lowest BCUT2D eigenvalue weighted by molar-refractivity contribution is 0.0995. The first kappa shape index (κ1) is 17.1. The van der Waals surface area contributed by atoms with E-state index in [0.29, 0.717) is 16.4 Å². The molecule has 0 fully saturated rings. The van der Waals surface area contributed by atoms with Gasteiger partial charge < -0.3 is 4.74 Å². The third kappa shape index (κ3) is 3.39. The minimum Gasteiger partial charge on any atom is -0.493 e. The van der Waals surface area contributed by atoms with E-state index in [-0.39, 0.29) is 11.7 Å². The molecule has 1 amide bonds. The summed E-state index contributed by atoms with van der Waals surface area (Å²) >= 11 is 1.38. The number of halogens is 1. The van der Waals surface area contributed by atoms with E-state index in [9.17, 15) is 9.18 Å². The fourth-order valence-corrected chi connectivity index (χ4v) is 3.68. The molecular formula is C19H17FN2O2S. The van der Waals surface area contributed by atoms with E-state index in [1.807, 2.05) is 13.0 Å². The highest BCUT2D eigenvalue weighted by Gasteiger charge is 2.21. The molecule has 0 N–H and O–H groups in total. The van der Waals surface area contributed by atoms with Gasteiger partial charge in [-0.15, -0.1) is 11.3 Å². The first-order valence-corrected chi connectivity index (χ1v) is 8.46. The van der Waals surface area contributed by atoms with Gasteiger partial charge in [0.05, 0.1) is 12.0 Å². The molecule has 3 rings (SSSR count). The van der Waals surface area contributed by atoms with Gasteiger partial charge in [-0.1, -0.05) is 12.1 Å². The van der Waals surface area contributed by atoms with Gasteiger partial charge in [0, 0.05) is 18.1 Å². The van der Waals surface area contributed by atoms with Crippen LogP contribution >= 0.6 is 11.3 Å². The van der Waals surface area contributed by atoms with Gasteiger partial charge in [-0.05, 0) is 48.4 Å². The fraction of sp³-hybridized carbons (Fsp3) is 0.158. The molecule has 0 saturated carbocycles. The largest absolute Gasteiger partial charge is 0.493 e. The van der Waals surface area contributed by atoms with Crippen molar-refractivity contribution in [3.8, 4) is 16.2 Å². The second-order valence-corrected chi connectivity index (χ2v) is 6.58. The minimum atomic E-state index is -0.281. The third-order valence-electron chi connectivity index (χ3n) is 3.83. The van der Waals surface area contributed by atoms with Crippen LogP contribution in [0.15, 0.2) is 48.7 Å². The Bertz CT molecular complexity index is 906. The van der Waals surface area contributed by atoms with Crippen LogP contribution < -0.4 is 9.64 Å². The van der Waals surface area contributed by atoms with Crippen LogP contribution in [0.5, 0.6) is 5.75 Å². The molecule has 0 unspecified atom stereocenters. The van der Waals surface area contributed by atoms with Gasteiger partial charge in [0.15, 0.2) is 11.6 Å². The van der Waals surface area contributed by atoms with Gasteiger partial charge in [-0.25, -0.2) is 9.37 Å². The molecule has 0 aliphatic rings. The number of carbonyl (C=O) groups excluding carboxylic acids is 1. The molecule has 4 nitrogen and oxygen atoms in total. The summed E-state index contributed by atoms with van der Waals surface area (Å²) < 4.78 is 18.4. The standard InChI is InChI=1S/C19H17FN2O2S/c1-12-11-16(25-17(12)13-6-8-14(20)9-7-13)19(23)22(2)18-15(24-3)5-4-10-21-18/h4-11H,1-3H3. The second kappa shape index (κ2) is 7.03. The van der Waals surface area contributed by atoms with Crippen molar-refractivity contribution in [2.45, 2.75) is 6.92 Å². The van der Waals surface area contributed by atoms with Crippen LogP contribution in [0, 0.1) is 12.7 Å². The van der Waals surface area contributed by atoms with E-state index in [1.54, 1.807) is 44.6 Å². The molecule has 0 spiro atoms. The average Bonchev–Trinajstić information content (AvgIpc) is 3.02. The lowest BCUT2D eigenvalue weighted by Crippen LogP contribution is -2.26. The Morgan fingerprint density at radius 1 is 1.24 bits per heavy atom. The van der Waals surface area contributed by atoms with E-state index in [4.69, 9.17) is 4.74 Å². The van der Waals surface area contributed by atoms with E-state index < -0.39 is 0 Å². The Morgan fingerprint density at radius 2 is 1.96 bits per heavy atom. The van der Waals surface area contributed by atoms with Crippen LogP contribution in [-0.2, 0) is 0 Å². The van der Waals surface area contributed by atoms with Crippen molar-refractivity contribution in [2.75, 3.05) is 19.1 Å². The van der Waals surface area contributed by atoms with Gasteiger partial charge in [0.25, 0.3) is 5.91 Å². The van der Waals surface area contributed by atoms with E-state index in [1.165, 1.54) is 28.4 Å². The monoisotopic (exact) mass is 356 g/mol. The number of anilines is 1. The first-order valence-electron chi connectivity index (χ1n) is 7.64. The summed E-state index contributed by atoms with van der Waals surface area (Å²) in [7, 11) is 3.21. The molecular weight excluding hydrogens is 339 g/mol. The molecule has 6 heteroatoms. The van der Waals surface area contributed by atoms with Crippen molar-refractivity contribution >= 4 is 23.1 Å². The summed E-state index contributed by atoms with van der Waals surface area (Å²) in [5, 5.41) is 0. The number of aromatic nitrogens is 1. The molecule has 25 heavy (non-hydrogen) atoms. The smallest absolute Gasteiger partial charge is 0.269 e. The normalized spacial score (nSPS) is 10.6. The molecule has 128 valence electrons. The van der Waals surface area contributed by atoms with Crippen LogP contribution in [0.1, 0.15) is 15.2 Å². The van der Waals surface area contributed by atoms with Crippen molar-refractivity contribution < 1.29 is 13.9 Å². The summed E-state index contributed by atoms with van der Waals surface area (Å²) in [6.45, 7) is 1.94. The maximum Gasteiger partial charge on any atom is 0.269 e. The maximum atomic E-state index is 13.1. The number of rotatable bonds is 4. The minimum absolute atomic E-state index is 0.168. The van der Waals surface area contributed by atoms with Crippen molar-refractivity contribution in [1.82, 2.24) is 4.98 Å². The molecule has 3 aromatic rings. The maximum absolute atomic E-state index is 13.1. The zero-order chi connectivity index (χ0) is 18.0. The lowest BCUT2D eigenvalue weighted by atomic mass is 10.1. The Hall–Kier alpha value is -2.73. The van der Waals surface area contributed by atoms with Crippen LogP contribution in [0.2, 0.25) is 0 Å². The number of carbonyl (C=O) groups is 1. The van der Waals surface area contributed by atoms with Crippen LogP contribution in [0.4, 0.5) is 10.2 Å². The van der Waals surface area contributed by atoms with Gasteiger partial charge in [-0.3, -0.25) is 9.69 Å². The quantitative estimate of drug-likeness (QED) is 0.689. The Labute approximate surface area is 149 Å². The van der Waals surface area contributed by atoms with Crippen LogP contribution in [0.3, 0.4) is 0 Å². The number of hydrogen-bond donors (Lipinski definition) is 0. The number of nitrogens with zero attached hydrogens (tertiary/aromatic N) is 2. The van der Waals surface area contributed by atoms with E-state index >= 15 is 0 Å². The second-order valence-electron chi connectivity index (χ2n) is 5.52. The van der Waals surface area contributed by atoms with Crippen molar-refractivity contribution in [3.63, 3.8) is 0 Å². The highest BCUT2D eigenvalue weighted by atomic mass is 32.1. The number of ether oxygens (including phenoxy) is 1. The molecule has 0 aliphatic carbocycles. The number of methoxy groups -OCH3 is 1. The number of amides is 1. The molecule has 2 heterocycles. The summed E-state index contributed by atoms with van der Waals surface area (Å²) in [6, 6.07) is 11.6. The number of pyridine rings is 1. The summed E-state index contributed by atoms with van der Waals surface area (Å²) in [6.07, 6.45) is 1.62. The van der Waals surface area contributed by atoms with Crippen molar-refractivity contribution in [2.24, 2.45) is 0 Å². The average molecular weight is 356 g/mol. The predicted molar refractivity (Wildman–Crippen MR) is 98.0 cm³/mol. The van der Waals surface area contributed by atoms with Crippen LogP contribution in [-0.4, -0.2) is 25.0 Å². The van der Waals surface area contributed by atoms with Crippen molar-refractivity contribution in [3.05, 3.63) is 64.9 Å². The number of aryl methyl sites for hydroxylation is 1. The zero-order valence-corrected chi connectivity index (χ0v) is 14.9. The van der Waals surface area contributed by atoms with Gasteiger partial charge >= 0.3 is 0 Å². The fourth-order valence-electron chi connectivity index (χ4n) is 2.53. The Balaban J connectivity index is 1.93. The van der Waals surface area contributed by atoms with Gasteiger partial charge in [-0.2, -0.15) is 0 Å². The molecule has 0 atom stereocenters. The Kier molecular flexibility index (Phi) is 4.81. The summed E-state index contributed by atoms with van der Waals surface area (Å²) in [5.41, 5.74) is 1.86. The molecule has 0 saturated heterocycles. The molecule has 0 radical (unpaired) electrons. The molecule has 0 bridgehead atoms. The highest BCUT2D eigenvalue weighted by molar-refractivity contribution is 7.17.